The van der Waals surface area contributed by atoms with Gasteiger partial charge >= 0.3 is 0 Å². The molecule has 1 aliphatic heterocycles. The molecule has 0 radical (unpaired) electrons. The van der Waals surface area contributed by atoms with Crippen LogP contribution in [0, 0.1) is 13.8 Å². The second-order valence-electron chi connectivity index (χ2n) is 6.76. The molecule has 1 amide bonds. The van der Waals surface area contributed by atoms with Crippen molar-refractivity contribution in [3.05, 3.63) is 58.9 Å². The second kappa shape index (κ2) is 7.52. The minimum atomic E-state index is 0.174. The van der Waals surface area contributed by atoms with Gasteiger partial charge in [0.05, 0.1) is 17.8 Å². The number of para-hydroxylation sites is 1. The molecule has 6 nitrogen and oxygen atoms in total. The van der Waals surface area contributed by atoms with E-state index in [1.54, 1.807) is 11.3 Å². The molecule has 0 atom stereocenters. The molecule has 140 valence electrons. The number of benzene rings is 1. The molecule has 0 saturated carbocycles. The number of aromatic nitrogens is 3. The van der Waals surface area contributed by atoms with Crippen molar-refractivity contribution in [2.45, 2.75) is 20.3 Å². The van der Waals surface area contributed by atoms with Crippen LogP contribution in [-0.4, -0.2) is 51.8 Å². The third kappa shape index (κ3) is 3.60. The highest BCUT2D eigenvalue weighted by Crippen LogP contribution is 2.21. The van der Waals surface area contributed by atoms with Crippen LogP contribution in [0.15, 0.2) is 41.9 Å². The molecule has 0 N–H and O–H groups in total. The molecule has 1 aliphatic rings. The fourth-order valence-electron chi connectivity index (χ4n) is 3.53. The molecule has 1 saturated heterocycles. The van der Waals surface area contributed by atoms with Gasteiger partial charge in [-0.1, -0.05) is 18.2 Å². The number of piperazine rings is 1. The summed E-state index contributed by atoms with van der Waals surface area (Å²) in [6, 6.07) is 10.0. The van der Waals surface area contributed by atoms with Crippen molar-refractivity contribution in [1.82, 2.24) is 19.7 Å². The van der Waals surface area contributed by atoms with E-state index >= 15 is 0 Å². The van der Waals surface area contributed by atoms with Crippen molar-refractivity contribution in [3.63, 3.8) is 0 Å². The first-order chi connectivity index (χ1) is 13.1. The Labute approximate surface area is 163 Å². The van der Waals surface area contributed by atoms with Gasteiger partial charge in [-0.3, -0.25) is 4.79 Å². The van der Waals surface area contributed by atoms with E-state index in [-0.39, 0.29) is 5.91 Å². The van der Waals surface area contributed by atoms with Gasteiger partial charge in [-0.2, -0.15) is 5.10 Å². The molecule has 27 heavy (non-hydrogen) atoms. The number of rotatable bonds is 4. The Hall–Kier alpha value is -2.67. The predicted octanol–water partition coefficient (Wildman–Crippen LogP) is 2.84. The Morgan fingerprint density at radius 1 is 1.11 bits per heavy atom. The number of hydrogen-bond donors (Lipinski definition) is 0. The summed E-state index contributed by atoms with van der Waals surface area (Å²) in [7, 11) is 0. The first-order valence-electron chi connectivity index (χ1n) is 9.16. The van der Waals surface area contributed by atoms with Gasteiger partial charge in [-0.05, 0) is 26.0 Å². The van der Waals surface area contributed by atoms with Crippen LogP contribution in [0.5, 0.6) is 0 Å². The Balaban J connectivity index is 1.44. The lowest BCUT2D eigenvalue weighted by molar-refractivity contribution is -0.130. The summed E-state index contributed by atoms with van der Waals surface area (Å²) in [5, 5.41) is 7.68. The molecule has 1 fully saturated rings. The third-order valence-corrected chi connectivity index (χ3v) is 5.92. The smallest absolute Gasteiger partial charge is 0.227 e. The average molecular weight is 382 g/mol. The molecule has 4 rings (SSSR count). The summed E-state index contributed by atoms with van der Waals surface area (Å²) in [5.41, 5.74) is 4.01. The Kier molecular flexibility index (Phi) is 4.94. The van der Waals surface area contributed by atoms with Crippen LogP contribution in [0.1, 0.15) is 17.0 Å². The van der Waals surface area contributed by atoms with Crippen LogP contribution in [0.2, 0.25) is 0 Å². The summed E-state index contributed by atoms with van der Waals surface area (Å²) in [6.07, 6.45) is 2.23. The van der Waals surface area contributed by atoms with Crippen molar-refractivity contribution < 1.29 is 4.79 Å². The van der Waals surface area contributed by atoms with Crippen LogP contribution < -0.4 is 4.90 Å². The minimum Gasteiger partial charge on any atom is -0.345 e. The summed E-state index contributed by atoms with van der Waals surface area (Å²) < 4.78 is 1.93. The first-order valence-corrected chi connectivity index (χ1v) is 10.0. The van der Waals surface area contributed by atoms with Gasteiger partial charge in [0.15, 0.2) is 5.13 Å². The van der Waals surface area contributed by atoms with Crippen molar-refractivity contribution in [1.29, 1.82) is 0 Å². The summed E-state index contributed by atoms with van der Waals surface area (Å²) in [4.78, 5) is 21.4. The van der Waals surface area contributed by atoms with Gasteiger partial charge in [0, 0.05) is 49.0 Å². The van der Waals surface area contributed by atoms with Crippen LogP contribution in [0.4, 0.5) is 5.13 Å². The van der Waals surface area contributed by atoms with E-state index < -0.39 is 0 Å². The predicted molar refractivity (Wildman–Crippen MR) is 108 cm³/mol. The van der Waals surface area contributed by atoms with Gasteiger partial charge in [0.1, 0.15) is 0 Å². The van der Waals surface area contributed by atoms with E-state index in [4.69, 9.17) is 0 Å². The SMILES string of the molecule is Cc1nn(-c2ccccc2)c(C)c1CC(=O)N1CCN(c2nccs2)CC1. The molecule has 0 unspecified atom stereocenters. The highest BCUT2D eigenvalue weighted by Gasteiger charge is 2.24. The van der Waals surface area contributed by atoms with Gasteiger partial charge < -0.3 is 9.80 Å². The maximum absolute atomic E-state index is 12.9. The molecule has 3 aromatic rings. The molecule has 1 aromatic carbocycles. The van der Waals surface area contributed by atoms with Gasteiger partial charge in [0.2, 0.25) is 5.91 Å². The van der Waals surface area contributed by atoms with Crippen LogP contribution in [0.25, 0.3) is 5.69 Å². The highest BCUT2D eigenvalue weighted by molar-refractivity contribution is 7.13. The van der Waals surface area contributed by atoms with Crippen LogP contribution >= 0.6 is 11.3 Å². The van der Waals surface area contributed by atoms with E-state index in [1.807, 2.05) is 65.3 Å². The van der Waals surface area contributed by atoms with E-state index in [1.165, 1.54) is 0 Å². The molecular weight excluding hydrogens is 358 g/mol. The number of anilines is 1. The van der Waals surface area contributed by atoms with E-state index in [9.17, 15) is 4.79 Å². The van der Waals surface area contributed by atoms with Gasteiger partial charge in [-0.25, -0.2) is 9.67 Å². The lowest BCUT2D eigenvalue weighted by Gasteiger charge is -2.34. The normalized spacial score (nSPS) is 14.6. The lowest BCUT2D eigenvalue weighted by atomic mass is 10.1. The molecule has 7 heteroatoms. The summed E-state index contributed by atoms with van der Waals surface area (Å²) >= 11 is 1.65. The van der Waals surface area contributed by atoms with Crippen molar-refractivity contribution in [3.8, 4) is 5.69 Å². The quantitative estimate of drug-likeness (QED) is 0.697. The maximum atomic E-state index is 12.9. The summed E-state index contributed by atoms with van der Waals surface area (Å²) in [6.45, 7) is 7.17. The molecule has 0 bridgehead atoms. The zero-order chi connectivity index (χ0) is 18.8. The van der Waals surface area contributed by atoms with E-state index in [0.717, 1.165) is 53.9 Å². The number of amides is 1. The summed E-state index contributed by atoms with van der Waals surface area (Å²) in [5.74, 6) is 0.174. The number of nitrogens with zero attached hydrogens (tertiary/aromatic N) is 5. The van der Waals surface area contributed by atoms with Crippen molar-refractivity contribution in [2.24, 2.45) is 0 Å². The number of carbonyl (C=O) groups excluding carboxylic acids is 1. The molecule has 3 heterocycles. The van der Waals surface area contributed by atoms with Crippen molar-refractivity contribution in [2.75, 3.05) is 31.1 Å². The van der Waals surface area contributed by atoms with E-state index in [2.05, 4.69) is 15.0 Å². The Morgan fingerprint density at radius 3 is 2.52 bits per heavy atom. The minimum absolute atomic E-state index is 0.174. The van der Waals surface area contributed by atoms with Crippen LogP contribution in [0.3, 0.4) is 0 Å². The zero-order valence-electron chi connectivity index (χ0n) is 15.6. The number of carbonyl (C=O) groups is 1. The Morgan fingerprint density at radius 2 is 1.85 bits per heavy atom. The number of thiazole rings is 1. The lowest BCUT2D eigenvalue weighted by Crippen LogP contribution is -2.49. The average Bonchev–Trinajstić information content (AvgIpc) is 3.33. The zero-order valence-corrected chi connectivity index (χ0v) is 16.4. The van der Waals surface area contributed by atoms with E-state index in [0.29, 0.717) is 6.42 Å². The highest BCUT2D eigenvalue weighted by atomic mass is 32.1. The molecule has 0 spiro atoms. The topological polar surface area (TPSA) is 54.3 Å². The second-order valence-corrected chi connectivity index (χ2v) is 7.63. The van der Waals surface area contributed by atoms with Crippen LogP contribution in [-0.2, 0) is 11.2 Å². The third-order valence-electron chi connectivity index (χ3n) is 5.09. The fourth-order valence-corrected chi connectivity index (χ4v) is 4.23. The fraction of sp³-hybridized carbons (Fsp3) is 0.350. The largest absolute Gasteiger partial charge is 0.345 e. The Bertz CT molecular complexity index is 912. The molecular formula is C20H23N5OS. The van der Waals surface area contributed by atoms with Gasteiger partial charge in [-0.15, -0.1) is 11.3 Å². The monoisotopic (exact) mass is 381 g/mol. The maximum Gasteiger partial charge on any atom is 0.227 e. The first kappa shape index (κ1) is 17.7. The number of hydrogen-bond acceptors (Lipinski definition) is 5. The molecule has 0 aliphatic carbocycles. The number of aryl methyl sites for hydroxylation is 1. The molecule has 2 aromatic heterocycles. The van der Waals surface area contributed by atoms with Gasteiger partial charge in [0.25, 0.3) is 0 Å². The van der Waals surface area contributed by atoms with Crippen molar-refractivity contribution >= 4 is 22.4 Å². The standard InChI is InChI=1S/C20H23N5OS/c1-15-18(16(2)25(22-15)17-6-4-3-5-7-17)14-19(26)23-9-11-24(12-10-23)20-21-8-13-27-20/h3-8,13H,9-12,14H2,1-2H3.